The highest BCUT2D eigenvalue weighted by Gasteiger charge is 2.13. The van der Waals surface area contributed by atoms with Gasteiger partial charge in [-0.2, -0.15) is 0 Å². The van der Waals surface area contributed by atoms with Crippen LogP contribution in [-0.4, -0.2) is 44.7 Å². The number of H-pyrrole nitrogens is 3. The van der Waals surface area contributed by atoms with E-state index in [9.17, 15) is 4.79 Å². The number of hydrogen-bond acceptors (Lipinski definition) is 3. The van der Waals surface area contributed by atoms with Gasteiger partial charge in [-0.05, 0) is 92.7 Å². The predicted octanol–water partition coefficient (Wildman–Crippen LogP) is 5.69. The monoisotopic (exact) mass is 485 g/mol. The molecule has 0 saturated carbocycles. The summed E-state index contributed by atoms with van der Waals surface area (Å²) in [6.45, 7) is 15.0. The quantitative estimate of drug-likeness (QED) is 0.225. The number of aromatic amines is 3. The Bertz CT molecular complexity index is 1010. The molecule has 0 aromatic carbocycles. The third-order valence-electron chi connectivity index (χ3n) is 6.46. The topological polar surface area (TPSA) is 105 Å². The third-order valence-corrected chi connectivity index (χ3v) is 6.46. The fourth-order valence-corrected chi connectivity index (χ4v) is 4.54. The number of aliphatic hydroxyl groups excluding tert-OH is 2. The molecule has 6 nitrogen and oxygen atoms in total. The van der Waals surface area contributed by atoms with E-state index in [-0.39, 0.29) is 13.2 Å². The summed E-state index contributed by atoms with van der Waals surface area (Å²) in [7, 11) is 0. The van der Waals surface area contributed by atoms with Crippen LogP contribution in [0.25, 0.3) is 0 Å². The van der Waals surface area contributed by atoms with Crippen molar-refractivity contribution in [3.05, 3.63) is 68.6 Å². The molecule has 0 unspecified atom stereocenters. The molecule has 0 saturated heterocycles. The Morgan fingerprint density at radius 2 is 1.29 bits per heavy atom. The van der Waals surface area contributed by atoms with Gasteiger partial charge in [0.05, 0.1) is 5.69 Å². The van der Waals surface area contributed by atoms with E-state index >= 15 is 0 Å². The highest BCUT2D eigenvalue weighted by Crippen LogP contribution is 2.22. The molecule has 3 aromatic rings. The molecule has 196 valence electrons. The van der Waals surface area contributed by atoms with E-state index in [1.807, 2.05) is 20.8 Å². The largest absolute Gasteiger partial charge is 0.396 e. The van der Waals surface area contributed by atoms with E-state index in [0.29, 0.717) is 5.69 Å². The van der Waals surface area contributed by atoms with Crippen LogP contribution in [0.2, 0.25) is 0 Å². The molecule has 3 rings (SSSR count). The summed E-state index contributed by atoms with van der Waals surface area (Å²) in [5.74, 6) is 0. The summed E-state index contributed by atoms with van der Waals surface area (Å²) in [5.41, 5.74) is 12.1. The van der Waals surface area contributed by atoms with Gasteiger partial charge in [-0.3, -0.25) is 4.79 Å². The SMILES string of the molecule is CC.CCc1[nH]c(C=O)c(C)c1CCCO.CCc1c(C)c[nH]c1Cc1[nH]cc(C)c1CCCO. The van der Waals surface area contributed by atoms with Gasteiger partial charge in [0.15, 0.2) is 6.29 Å². The molecule has 0 aliphatic rings. The standard InChI is InChI=1S/C16H24N2O.C11H17NO2.C2H6/c1-4-13-11(2)9-17-15(13)8-16-14(6-5-7-19)12(3)10-18-16;1-3-10-9(5-4-6-13)8(2)11(7-14)12-10;1-2/h9-10,17-19H,4-8H2,1-3H3;7,12-13H,3-6H2,1-2H3;1-2H3. The summed E-state index contributed by atoms with van der Waals surface area (Å²) in [4.78, 5) is 20.6. The van der Waals surface area contributed by atoms with Crippen LogP contribution < -0.4 is 0 Å². The van der Waals surface area contributed by atoms with Crippen LogP contribution >= 0.6 is 0 Å². The first-order chi connectivity index (χ1) is 16.9. The van der Waals surface area contributed by atoms with E-state index in [2.05, 4.69) is 55.0 Å². The van der Waals surface area contributed by atoms with E-state index in [0.717, 1.165) is 62.5 Å². The van der Waals surface area contributed by atoms with Crippen LogP contribution in [0.3, 0.4) is 0 Å². The van der Waals surface area contributed by atoms with Crippen LogP contribution in [0.5, 0.6) is 0 Å². The van der Waals surface area contributed by atoms with Gasteiger partial charge >= 0.3 is 0 Å². The van der Waals surface area contributed by atoms with E-state index in [1.165, 1.54) is 39.2 Å². The van der Waals surface area contributed by atoms with Crippen molar-refractivity contribution >= 4 is 6.29 Å². The lowest BCUT2D eigenvalue weighted by Crippen LogP contribution is -1.99. The fraction of sp³-hybridized carbons (Fsp3) is 0.552. The van der Waals surface area contributed by atoms with Gasteiger partial charge in [-0.15, -0.1) is 0 Å². The Balaban J connectivity index is 0.000000341. The highest BCUT2D eigenvalue weighted by atomic mass is 16.3. The summed E-state index contributed by atoms with van der Waals surface area (Å²) in [6, 6.07) is 0. The smallest absolute Gasteiger partial charge is 0.166 e. The average Bonchev–Trinajstić information content (AvgIpc) is 3.52. The van der Waals surface area contributed by atoms with Crippen molar-refractivity contribution in [1.29, 1.82) is 0 Å². The maximum atomic E-state index is 10.7. The predicted molar refractivity (Wildman–Crippen MR) is 146 cm³/mol. The van der Waals surface area contributed by atoms with Crippen molar-refractivity contribution in [2.75, 3.05) is 13.2 Å². The van der Waals surface area contributed by atoms with Gasteiger partial charge in [0.1, 0.15) is 0 Å². The number of rotatable bonds is 11. The van der Waals surface area contributed by atoms with E-state index < -0.39 is 0 Å². The summed E-state index contributed by atoms with van der Waals surface area (Å²) in [5, 5.41) is 17.8. The molecule has 0 amide bonds. The van der Waals surface area contributed by atoms with Crippen LogP contribution in [0, 0.1) is 20.8 Å². The lowest BCUT2D eigenvalue weighted by atomic mass is 10.0. The lowest BCUT2D eigenvalue weighted by Gasteiger charge is -2.06. The fourth-order valence-electron chi connectivity index (χ4n) is 4.54. The normalized spacial score (nSPS) is 10.4. The minimum absolute atomic E-state index is 0.199. The first-order valence-electron chi connectivity index (χ1n) is 13.1. The zero-order chi connectivity index (χ0) is 26.4. The van der Waals surface area contributed by atoms with Crippen molar-refractivity contribution in [1.82, 2.24) is 15.0 Å². The number of nitrogens with one attached hydrogen (secondary N) is 3. The number of aldehydes is 1. The van der Waals surface area contributed by atoms with Gasteiger partial charge in [0, 0.05) is 49.1 Å². The van der Waals surface area contributed by atoms with Crippen molar-refractivity contribution in [2.45, 2.75) is 93.4 Å². The van der Waals surface area contributed by atoms with Crippen molar-refractivity contribution in [2.24, 2.45) is 0 Å². The Hall–Kier alpha value is -2.57. The molecule has 6 heteroatoms. The maximum absolute atomic E-state index is 10.7. The first-order valence-corrected chi connectivity index (χ1v) is 13.1. The Morgan fingerprint density at radius 3 is 1.77 bits per heavy atom. The summed E-state index contributed by atoms with van der Waals surface area (Å²) >= 11 is 0. The van der Waals surface area contributed by atoms with Crippen molar-refractivity contribution in [3.63, 3.8) is 0 Å². The Morgan fingerprint density at radius 1 is 0.771 bits per heavy atom. The Kier molecular flexibility index (Phi) is 14.1. The van der Waals surface area contributed by atoms with Crippen LogP contribution in [0.15, 0.2) is 12.4 Å². The molecule has 0 radical (unpaired) electrons. The number of hydrogen-bond donors (Lipinski definition) is 5. The van der Waals surface area contributed by atoms with Crippen molar-refractivity contribution in [3.8, 4) is 0 Å². The number of aryl methyl sites for hydroxylation is 3. The Labute approximate surface area is 211 Å². The van der Waals surface area contributed by atoms with Crippen LogP contribution in [-0.2, 0) is 32.1 Å². The minimum atomic E-state index is 0.199. The van der Waals surface area contributed by atoms with Crippen molar-refractivity contribution < 1.29 is 15.0 Å². The second kappa shape index (κ2) is 16.2. The van der Waals surface area contributed by atoms with Crippen LogP contribution in [0.4, 0.5) is 0 Å². The second-order valence-corrected chi connectivity index (χ2v) is 8.63. The molecule has 35 heavy (non-hydrogen) atoms. The molecule has 0 aliphatic heterocycles. The number of aliphatic hydroxyl groups is 2. The summed E-state index contributed by atoms with van der Waals surface area (Å²) < 4.78 is 0. The zero-order valence-corrected chi connectivity index (χ0v) is 22.9. The minimum Gasteiger partial charge on any atom is -0.396 e. The van der Waals surface area contributed by atoms with Gasteiger partial charge in [-0.25, -0.2) is 0 Å². The first kappa shape index (κ1) is 30.5. The molecule has 0 spiro atoms. The number of carbonyl (C=O) groups excluding carboxylic acids is 1. The van der Waals surface area contributed by atoms with Gasteiger partial charge in [-0.1, -0.05) is 27.7 Å². The second-order valence-electron chi connectivity index (χ2n) is 8.63. The van der Waals surface area contributed by atoms with E-state index in [1.54, 1.807) is 0 Å². The molecule has 0 fully saturated rings. The van der Waals surface area contributed by atoms with Gasteiger partial charge in [0.25, 0.3) is 0 Å². The molecule has 0 aliphatic carbocycles. The molecule has 5 N–H and O–H groups in total. The van der Waals surface area contributed by atoms with Gasteiger partial charge in [0.2, 0.25) is 0 Å². The molecule has 0 atom stereocenters. The third kappa shape index (κ3) is 8.25. The number of carbonyl (C=O) groups is 1. The molecule has 0 bridgehead atoms. The number of aromatic nitrogens is 3. The zero-order valence-electron chi connectivity index (χ0n) is 22.9. The molecule has 3 aromatic heterocycles. The molecular weight excluding hydrogens is 438 g/mol. The summed E-state index contributed by atoms with van der Waals surface area (Å²) in [6.07, 6.45) is 11.3. The van der Waals surface area contributed by atoms with Crippen LogP contribution in [0.1, 0.15) is 101 Å². The van der Waals surface area contributed by atoms with E-state index in [4.69, 9.17) is 10.2 Å². The van der Waals surface area contributed by atoms with Gasteiger partial charge < -0.3 is 25.2 Å². The average molecular weight is 486 g/mol. The lowest BCUT2D eigenvalue weighted by molar-refractivity contribution is 0.111. The highest BCUT2D eigenvalue weighted by molar-refractivity contribution is 5.75. The maximum Gasteiger partial charge on any atom is 0.166 e. The molecular formula is C29H47N3O3. The molecule has 3 heterocycles.